The van der Waals surface area contributed by atoms with Gasteiger partial charge in [-0.3, -0.25) is 0 Å². The van der Waals surface area contributed by atoms with E-state index in [0.29, 0.717) is 17.5 Å². The minimum absolute atomic E-state index is 0.630. The smallest absolute Gasteiger partial charge is 0.164 e. The van der Waals surface area contributed by atoms with Gasteiger partial charge in [0.25, 0.3) is 0 Å². The summed E-state index contributed by atoms with van der Waals surface area (Å²) in [5.41, 5.74) is 9.64. The molecule has 0 atom stereocenters. The monoisotopic (exact) mass is 703 g/mol. The molecule has 0 radical (unpaired) electrons. The Bertz CT molecular complexity index is 2340. The molecule has 5 nitrogen and oxygen atoms in total. The lowest BCUT2D eigenvalue weighted by molar-refractivity contribution is 1.07. The highest BCUT2D eigenvalue weighted by Crippen LogP contribution is 2.52. The van der Waals surface area contributed by atoms with E-state index in [-0.39, 0.29) is 0 Å². The van der Waals surface area contributed by atoms with Crippen LogP contribution in [-0.2, 0) is 0 Å². The summed E-state index contributed by atoms with van der Waals surface area (Å²) in [5.74, 6) is 1.90. The molecule has 7 heteroatoms. The Balaban J connectivity index is 1.04. The van der Waals surface area contributed by atoms with Crippen molar-refractivity contribution >= 4 is 57.6 Å². The highest BCUT2D eigenvalue weighted by Gasteiger charge is 2.26. The Labute approximate surface area is 310 Å². The quantitative estimate of drug-likeness (QED) is 0.177. The van der Waals surface area contributed by atoms with Crippen molar-refractivity contribution in [3.05, 3.63) is 176 Å². The lowest BCUT2D eigenvalue weighted by Crippen LogP contribution is -2.14. The number of anilines is 6. The third kappa shape index (κ3) is 5.42. The highest BCUT2D eigenvalue weighted by atomic mass is 32.2. The zero-order valence-corrected chi connectivity index (χ0v) is 29.4. The number of nitrogens with zero attached hydrogens (tertiary/aromatic N) is 5. The molecule has 0 spiro atoms. The lowest BCUT2D eigenvalue weighted by atomic mass is 10.1. The molecule has 0 saturated carbocycles. The molecule has 1 aromatic heterocycles. The zero-order valence-electron chi connectivity index (χ0n) is 27.8. The molecule has 52 heavy (non-hydrogen) atoms. The Kier molecular flexibility index (Phi) is 7.59. The SMILES string of the molecule is c1ccc(-c2nc(-c3ccc(N4c5ccccc5Sc5ccccc54)cc3)nc(-c3ccc(N4c5ccccc5Sc5ccccc54)cc3)n2)cc1. The van der Waals surface area contributed by atoms with E-state index in [1.54, 1.807) is 0 Å². The number of fused-ring (bicyclic) bond motifs is 4. The number of rotatable bonds is 5. The number of hydrogen-bond acceptors (Lipinski definition) is 7. The second-order valence-electron chi connectivity index (χ2n) is 12.5. The van der Waals surface area contributed by atoms with E-state index in [2.05, 4.69) is 155 Å². The molecule has 2 aliphatic heterocycles. The van der Waals surface area contributed by atoms with Gasteiger partial charge < -0.3 is 9.80 Å². The summed E-state index contributed by atoms with van der Waals surface area (Å²) in [4.78, 5) is 24.7. The van der Waals surface area contributed by atoms with Crippen LogP contribution in [0.1, 0.15) is 0 Å². The first-order valence-corrected chi connectivity index (χ1v) is 18.7. The van der Waals surface area contributed by atoms with Gasteiger partial charge in [0, 0.05) is 47.6 Å². The molecule has 246 valence electrons. The van der Waals surface area contributed by atoms with Gasteiger partial charge in [-0.1, -0.05) is 102 Å². The highest BCUT2D eigenvalue weighted by molar-refractivity contribution is 8.00. The second-order valence-corrected chi connectivity index (χ2v) is 14.7. The average molecular weight is 704 g/mol. The summed E-state index contributed by atoms with van der Waals surface area (Å²) in [6, 6.07) is 61.5. The fourth-order valence-electron chi connectivity index (χ4n) is 6.84. The maximum Gasteiger partial charge on any atom is 0.164 e. The molecule has 8 aromatic rings. The average Bonchev–Trinajstić information content (AvgIpc) is 3.22. The van der Waals surface area contributed by atoms with Crippen molar-refractivity contribution < 1.29 is 0 Å². The van der Waals surface area contributed by atoms with Gasteiger partial charge in [-0.05, 0) is 97.1 Å². The van der Waals surface area contributed by atoms with Gasteiger partial charge in [0.15, 0.2) is 17.5 Å². The fraction of sp³-hybridized carbons (Fsp3) is 0. The van der Waals surface area contributed by atoms with Gasteiger partial charge in [-0.25, -0.2) is 15.0 Å². The van der Waals surface area contributed by atoms with E-state index in [9.17, 15) is 0 Å². The molecular formula is C45H29N5S2. The molecule has 0 N–H and O–H groups in total. The summed E-state index contributed by atoms with van der Waals surface area (Å²) in [6.07, 6.45) is 0. The number of para-hydroxylation sites is 4. The summed E-state index contributed by atoms with van der Waals surface area (Å²) in [7, 11) is 0. The summed E-state index contributed by atoms with van der Waals surface area (Å²) in [5, 5.41) is 0. The molecule has 7 aromatic carbocycles. The van der Waals surface area contributed by atoms with E-state index in [4.69, 9.17) is 15.0 Å². The third-order valence-electron chi connectivity index (χ3n) is 9.30. The summed E-state index contributed by atoms with van der Waals surface area (Å²) < 4.78 is 0. The first kappa shape index (κ1) is 30.7. The molecule has 0 unspecified atom stereocenters. The zero-order chi connectivity index (χ0) is 34.4. The predicted molar refractivity (Wildman–Crippen MR) is 214 cm³/mol. The normalized spacial score (nSPS) is 12.8. The minimum Gasteiger partial charge on any atom is -0.308 e. The van der Waals surface area contributed by atoms with E-state index in [1.807, 2.05) is 53.9 Å². The van der Waals surface area contributed by atoms with Crippen molar-refractivity contribution in [2.24, 2.45) is 0 Å². The maximum absolute atomic E-state index is 5.07. The molecule has 2 aliphatic rings. The van der Waals surface area contributed by atoms with E-state index in [0.717, 1.165) is 28.1 Å². The standard InChI is InChI=1S/C45H29N5S2/c1-2-12-30(13-3-1)43-46-44(31-22-26-33(27-23-31)49-35-14-4-8-18-39(35)51-40-19-9-5-15-36(40)49)48-45(47-43)32-24-28-34(29-25-32)50-37-16-6-10-20-41(37)52-42-21-11-7-17-38(42)50/h1-29H. The molecule has 3 heterocycles. The molecule has 10 rings (SSSR count). The second kappa shape index (κ2) is 12.9. The van der Waals surface area contributed by atoms with Gasteiger partial charge in [-0.2, -0.15) is 0 Å². The van der Waals surface area contributed by atoms with E-state index in [1.165, 1.54) is 42.3 Å². The Morgan fingerprint density at radius 3 is 0.923 bits per heavy atom. The number of hydrogen-bond donors (Lipinski definition) is 0. The van der Waals surface area contributed by atoms with Crippen LogP contribution in [0.25, 0.3) is 34.2 Å². The van der Waals surface area contributed by atoms with Crippen LogP contribution in [0.5, 0.6) is 0 Å². The van der Waals surface area contributed by atoms with Crippen LogP contribution in [0.2, 0.25) is 0 Å². The van der Waals surface area contributed by atoms with Gasteiger partial charge in [0.2, 0.25) is 0 Å². The van der Waals surface area contributed by atoms with Crippen LogP contribution in [-0.4, -0.2) is 15.0 Å². The van der Waals surface area contributed by atoms with Crippen molar-refractivity contribution in [2.45, 2.75) is 19.6 Å². The number of benzene rings is 7. The van der Waals surface area contributed by atoms with E-state index < -0.39 is 0 Å². The molecule has 0 amide bonds. The van der Waals surface area contributed by atoms with Crippen molar-refractivity contribution in [3.8, 4) is 34.2 Å². The molecule has 0 bridgehead atoms. The Morgan fingerprint density at radius 1 is 0.288 bits per heavy atom. The van der Waals surface area contributed by atoms with Crippen LogP contribution >= 0.6 is 23.5 Å². The largest absolute Gasteiger partial charge is 0.308 e. The first-order valence-electron chi connectivity index (χ1n) is 17.1. The summed E-state index contributed by atoms with van der Waals surface area (Å²) >= 11 is 3.62. The molecule has 0 fully saturated rings. The van der Waals surface area contributed by atoms with Crippen LogP contribution in [0.4, 0.5) is 34.1 Å². The van der Waals surface area contributed by atoms with Gasteiger partial charge in [-0.15, -0.1) is 0 Å². The molecule has 0 aliphatic carbocycles. The van der Waals surface area contributed by atoms with Crippen molar-refractivity contribution in [2.75, 3.05) is 9.80 Å². The predicted octanol–water partition coefficient (Wildman–Crippen LogP) is 12.7. The van der Waals surface area contributed by atoms with Gasteiger partial charge in [0.05, 0.1) is 22.7 Å². The maximum atomic E-state index is 5.07. The van der Waals surface area contributed by atoms with Crippen LogP contribution in [0.3, 0.4) is 0 Å². The van der Waals surface area contributed by atoms with Crippen molar-refractivity contribution in [3.63, 3.8) is 0 Å². The van der Waals surface area contributed by atoms with Crippen LogP contribution in [0, 0.1) is 0 Å². The Morgan fingerprint density at radius 2 is 0.577 bits per heavy atom. The Hall–Kier alpha value is -6.15. The fourth-order valence-corrected chi connectivity index (χ4v) is 8.95. The molecule has 0 saturated heterocycles. The van der Waals surface area contributed by atoms with Crippen LogP contribution < -0.4 is 9.80 Å². The van der Waals surface area contributed by atoms with Crippen molar-refractivity contribution in [1.82, 2.24) is 15.0 Å². The number of aromatic nitrogens is 3. The first-order chi connectivity index (χ1) is 25.8. The van der Waals surface area contributed by atoms with Crippen LogP contribution in [0.15, 0.2) is 196 Å². The topological polar surface area (TPSA) is 45.2 Å². The van der Waals surface area contributed by atoms with Gasteiger partial charge >= 0.3 is 0 Å². The van der Waals surface area contributed by atoms with Gasteiger partial charge in [0.1, 0.15) is 0 Å². The lowest BCUT2D eigenvalue weighted by Gasteiger charge is -2.32. The minimum atomic E-state index is 0.630. The molecular weight excluding hydrogens is 675 g/mol. The summed E-state index contributed by atoms with van der Waals surface area (Å²) in [6.45, 7) is 0. The van der Waals surface area contributed by atoms with E-state index >= 15 is 0 Å². The third-order valence-corrected chi connectivity index (χ3v) is 11.6. The van der Waals surface area contributed by atoms with Crippen molar-refractivity contribution in [1.29, 1.82) is 0 Å².